The number of carboxylic acids is 1. The SMILES string of the molecule is COCCNC(=O)Cn1cc(NCc2cccc(C(=O)O)c2)cn1. The van der Waals surface area contributed by atoms with Crippen molar-refractivity contribution in [2.75, 3.05) is 25.6 Å². The zero-order chi connectivity index (χ0) is 17.4. The summed E-state index contributed by atoms with van der Waals surface area (Å²) >= 11 is 0. The molecule has 24 heavy (non-hydrogen) atoms. The number of benzene rings is 1. The summed E-state index contributed by atoms with van der Waals surface area (Å²) in [6.07, 6.45) is 3.33. The third kappa shape index (κ3) is 5.40. The lowest BCUT2D eigenvalue weighted by molar-refractivity contribution is -0.122. The second-order valence-corrected chi connectivity index (χ2v) is 5.13. The second-order valence-electron chi connectivity index (χ2n) is 5.13. The Morgan fingerprint density at radius 3 is 2.96 bits per heavy atom. The zero-order valence-corrected chi connectivity index (χ0v) is 13.4. The molecule has 1 aromatic heterocycles. The Balaban J connectivity index is 1.84. The monoisotopic (exact) mass is 332 g/mol. The maximum atomic E-state index is 11.7. The highest BCUT2D eigenvalue weighted by Crippen LogP contribution is 2.10. The number of aromatic carboxylic acids is 1. The highest BCUT2D eigenvalue weighted by Gasteiger charge is 2.06. The molecule has 1 aromatic carbocycles. The number of nitrogens with one attached hydrogen (secondary N) is 2. The van der Waals surface area contributed by atoms with Crippen LogP contribution in [0.5, 0.6) is 0 Å². The number of anilines is 1. The van der Waals surface area contributed by atoms with E-state index in [9.17, 15) is 9.59 Å². The average molecular weight is 332 g/mol. The Morgan fingerprint density at radius 1 is 1.38 bits per heavy atom. The molecule has 128 valence electrons. The smallest absolute Gasteiger partial charge is 0.335 e. The van der Waals surface area contributed by atoms with Crippen LogP contribution in [0.2, 0.25) is 0 Å². The van der Waals surface area contributed by atoms with E-state index < -0.39 is 5.97 Å². The normalized spacial score (nSPS) is 10.4. The first kappa shape index (κ1) is 17.5. The molecular formula is C16H20N4O4. The number of hydrogen-bond acceptors (Lipinski definition) is 5. The molecule has 0 aliphatic heterocycles. The van der Waals surface area contributed by atoms with E-state index in [2.05, 4.69) is 15.7 Å². The van der Waals surface area contributed by atoms with Crippen LogP contribution in [0.25, 0.3) is 0 Å². The Labute approximate surface area is 139 Å². The summed E-state index contributed by atoms with van der Waals surface area (Å²) in [5, 5.41) is 19.0. The molecular weight excluding hydrogens is 312 g/mol. The summed E-state index contributed by atoms with van der Waals surface area (Å²) in [4.78, 5) is 22.6. The molecule has 1 amide bonds. The molecule has 0 atom stereocenters. The van der Waals surface area contributed by atoms with Crippen LogP contribution >= 0.6 is 0 Å². The Bertz CT molecular complexity index is 699. The number of ether oxygens (including phenoxy) is 1. The lowest BCUT2D eigenvalue weighted by Crippen LogP contribution is -2.30. The van der Waals surface area contributed by atoms with Crippen molar-refractivity contribution in [3.63, 3.8) is 0 Å². The fraction of sp³-hybridized carbons (Fsp3) is 0.312. The molecule has 0 spiro atoms. The molecule has 2 aromatic rings. The first-order valence-electron chi connectivity index (χ1n) is 7.42. The van der Waals surface area contributed by atoms with E-state index in [1.807, 2.05) is 6.07 Å². The van der Waals surface area contributed by atoms with Crippen molar-refractivity contribution < 1.29 is 19.4 Å². The zero-order valence-electron chi connectivity index (χ0n) is 13.4. The van der Waals surface area contributed by atoms with Crippen molar-refractivity contribution in [2.24, 2.45) is 0 Å². The molecule has 2 rings (SSSR count). The van der Waals surface area contributed by atoms with Gasteiger partial charge in [-0.05, 0) is 17.7 Å². The van der Waals surface area contributed by atoms with Crippen molar-refractivity contribution in [2.45, 2.75) is 13.1 Å². The van der Waals surface area contributed by atoms with Gasteiger partial charge in [-0.2, -0.15) is 5.10 Å². The molecule has 0 radical (unpaired) electrons. The topological polar surface area (TPSA) is 105 Å². The standard InChI is InChI=1S/C16H20N4O4/c1-24-6-5-17-15(21)11-20-10-14(9-19-20)18-8-12-3-2-4-13(7-12)16(22)23/h2-4,7,9-10,18H,5-6,8,11H2,1H3,(H,17,21)(H,22,23). The highest BCUT2D eigenvalue weighted by molar-refractivity contribution is 5.87. The van der Waals surface area contributed by atoms with Crippen molar-refractivity contribution in [1.82, 2.24) is 15.1 Å². The average Bonchev–Trinajstić information content (AvgIpc) is 3.01. The van der Waals surface area contributed by atoms with E-state index in [0.29, 0.717) is 19.7 Å². The van der Waals surface area contributed by atoms with Gasteiger partial charge < -0.3 is 20.5 Å². The maximum Gasteiger partial charge on any atom is 0.335 e. The number of carbonyl (C=O) groups is 2. The van der Waals surface area contributed by atoms with Gasteiger partial charge in [-0.25, -0.2) is 4.79 Å². The summed E-state index contributed by atoms with van der Waals surface area (Å²) < 4.78 is 6.39. The van der Waals surface area contributed by atoms with Gasteiger partial charge in [0.15, 0.2) is 0 Å². The van der Waals surface area contributed by atoms with Crippen LogP contribution in [0.3, 0.4) is 0 Å². The van der Waals surface area contributed by atoms with Crippen molar-refractivity contribution >= 4 is 17.6 Å². The molecule has 0 bridgehead atoms. The first-order valence-corrected chi connectivity index (χ1v) is 7.42. The van der Waals surface area contributed by atoms with Crippen LogP contribution in [0.1, 0.15) is 15.9 Å². The predicted molar refractivity (Wildman–Crippen MR) is 87.8 cm³/mol. The van der Waals surface area contributed by atoms with Gasteiger partial charge in [0.1, 0.15) is 6.54 Å². The van der Waals surface area contributed by atoms with E-state index in [1.165, 1.54) is 4.68 Å². The molecule has 0 saturated heterocycles. The Morgan fingerprint density at radius 2 is 2.21 bits per heavy atom. The van der Waals surface area contributed by atoms with E-state index in [0.717, 1.165) is 11.3 Å². The predicted octanol–water partition coefficient (Wildman–Crippen LogP) is 0.956. The number of nitrogens with zero attached hydrogens (tertiary/aromatic N) is 2. The molecule has 8 heteroatoms. The lowest BCUT2D eigenvalue weighted by atomic mass is 10.1. The van der Waals surface area contributed by atoms with Gasteiger partial charge in [0.2, 0.25) is 5.91 Å². The van der Waals surface area contributed by atoms with Gasteiger partial charge in [-0.1, -0.05) is 12.1 Å². The van der Waals surface area contributed by atoms with Crippen LogP contribution in [0.15, 0.2) is 36.7 Å². The maximum absolute atomic E-state index is 11.7. The molecule has 1 heterocycles. The molecule has 0 fully saturated rings. The lowest BCUT2D eigenvalue weighted by Gasteiger charge is -2.05. The van der Waals surface area contributed by atoms with E-state index in [1.54, 1.807) is 37.7 Å². The summed E-state index contributed by atoms with van der Waals surface area (Å²) in [5.74, 6) is -1.10. The Kier molecular flexibility index (Phi) is 6.32. The minimum absolute atomic E-state index is 0.125. The summed E-state index contributed by atoms with van der Waals surface area (Å²) in [6.45, 7) is 1.52. The quantitative estimate of drug-likeness (QED) is 0.591. The number of carboxylic acid groups (broad SMARTS) is 1. The van der Waals surface area contributed by atoms with Gasteiger partial charge in [0, 0.05) is 26.4 Å². The van der Waals surface area contributed by atoms with Crippen LogP contribution < -0.4 is 10.6 Å². The fourth-order valence-electron chi connectivity index (χ4n) is 2.06. The van der Waals surface area contributed by atoms with Crippen LogP contribution in [0, 0.1) is 0 Å². The van der Waals surface area contributed by atoms with Gasteiger partial charge in [-0.15, -0.1) is 0 Å². The number of amides is 1. The van der Waals surface area contributed by atoms with Crippen molar-refractivity contribution in [3.8, 4) is 0 Å². The van der Waals surface area contributed by atoms with Crippen molar-refractivity contribution in [1.29, 1.82) is 0 Å². The number of methoxy groups -OCH3 is 1. The number of rotatable bonds is 9. The fourth-order valence-corrected chi connectivity index (χ4v) is 2.06. The molecule has 0 aliphatic carbocycles. The van der Waals surface area contributed by atoms with Gasteiger partial charge in [0.25, 0.3) is 0 Å². The number of carbonyl (C=O) groups excluding carboxylic acids is 1. The molecule has 8 nitrogen and oxygen atoms in total. The molecule has 0 saturated carbocycles. The summed E-state index contributed by atoms with van der Waals surface area (Å²) in [5.41, 5.74) is 1.85. The minimum atomic E-state index is -0.954. The third-order valence-electron chi connectivity index (χ3n) is 3.24. The van der Waals surface area contributed by atoms with Crippen LogP contribution in [-0.4, -0.2) is 47.0 Å². The van der Waals surface area contributed by atoms with Gasteiger partial charge in [0.05, 0.1) is 24.1 Å². The Hall–Kier alpha value is -2.87. The van der Waals surface area contributed by atoms with Gasteiger partial charge in [-0.3, -0.25) is 9.48 Å². The molecule has 3 N–H and O–H groups in total. The minimum Gasteiger partial charge on any atom is -0.478 e. The van der Waals surface area contributed by atoms with E-state index in [-0.39, 0.29) is 18.0 Å². The van der Waals surface area contributed by atoms with E-state index in [4.69, 9.17) is 9.84 Å². The molecule has 0 aliphatic rings. The van der Waals surface area contributed by atoms with Gasteiger partial charge >= 0.3 is 5.97 Å². The summed E-state index contributed by atoms with van der Waals surface area (Å²) in [7, 11) is 1.57. The number of aromatic nitrogens is 2. The van der Waals surface area contributed by atoms with Crippen LogP contribution in [-0.2, 0) is 22.6 Å². The van der Waals surface area contributed by atoms with Crippen molar-refractivity contribution in [3.05, 3.63) is 47.8 Å². The highest BCUT2D eigenvalue weighted by atomic mass is 16.5. The van der Waals surface area contributed by atoms with Crippen LogP contribution in [0.4, 0.5) is 5.69 Å². The summed E-state index contributed by atoms with van der Waals surface area (Å²) in [6, 6.07) is 6.70. The first-order chi connectivity index (χ1) is 11.6. The largest absolute Gasteiger partial charge is 0.478 e. The number of hydrogen-bond donors (Lipinski definition) is 3. The molecule has 0 unspecified atom stereocenters. The van der Waals surface area contributed by atoms with E-state index >= 15 is 0 Å². The second kappa shape index (κ2) is 8.68. The third-order valence-corrected chi connectivity index (χ3v) is 3.24.